The minimum absolute atomic E-state index is 0.0557. The van der Waals surface area contributed by atoms with Gasteiger partial charge in [-0.25, -0.2) is 0 Å². The molecule has 0 fully saturated rings. The number of esters is 2. The predicted octanol–water partition coefficient (Wildman–Crippen LogP) is 11.2. The van der Waals surface area contributed by atoms with Crippen LogP contribution in [0.4, 0.5) is 0 Å². The standard InChI is InChI=1S/C50H84NO10P/c1-8-10-29-35-47-43(3)44(4)48(61-47)36-31-26-22-19-20-24-28-33-38-50(54)60-46(42-59-62(55,56)58-40-39-51(5,6)7)41-57-49(53)37-32-27-23-18-16-14-12-11-13-15-17-21-25-30-34-45(52)9-2/h12-15,18,21,23,25,30,34,45-46,52H,8-11,16-17,19-20,22,24,26-29,31-33,35-42H2,1-7H3/b14-12-,15-13-,23-18-,25-21-,34-30+/t45-,46+/m0/s1. The maximum atomic E-state index is 12.8. The molecule has 0 saturated heterocycles. The van der Waals surface area contributed by atoms with Crippen LogP contribution in [0.15, 0.2) is 65.2 Å². The Kier molecular flexibility index (Phi) is 32.5. The maximum Gasteiger partial charge on any atom is 0.306 e. The number of nitrogens with zero attached hydrogens (tertiary/aromatic N) is 1. The van der Waals surface area contributed by atoms with Gasteiger partial charge in [0.25, 0.3) is 7.82 Å². The summed E-state index contributed by atoms with van der Waals surface area (Å²) in [4.78, 5) is 37.7. The van der Waals surface area contributed by atoms with Crippen LogP contribution in [0.5, 0.6) is 0 Å². The Balaban J connectivity index is 2.39. The van der Waals surface area contributed by atoms with Gasteiger partial charge in [0.2, 0.25) is 0 Å². The third-order valence-electron chi connectivity index (χ3n) is 10.4. The lowest BCUT2D eigenvalue weighted by Crippen LogP contribution is -2.37. The molecular formula is C50H84NO10P. The summed E-state index contributed by atoms with van der Waals surface area (Å²) in [5.74, 6) is 1.37. The van der Waals surface area contributed by atoms with Crippen LogP contribution in [-0.2, 0) is 45.5 Å². The SMILES string of the molecule is CCCCCc1oc(CCCCCCCCCCC(=O)O[C@H](COC(=O)CCC/C=C\C/C=C\C/C=C\C/C=C\C=C\[C@@H](O)CC)COP(=O)([O-])OCC[N+](C)(C)C)c(C)c1C. The zero-order valence-electron chi connectivity index (χ0n) is 39.6. The molecule has 354 valence electrons. The van der Waals surface area contributed by atoms with Crippen molar-refractivity contribution in [3.05, 3.63) is 83.4 Å². The van der Waals surface area contributed by atoms with Crippen molar-refractivity contribution in [3.8, 4) is 0 Å². The van der Waals surface area contributed by atoms with E-state index in [0.717, 1.165) is 75.7 Å². The van der Waals surface area contributed by atoms with Crippen LogP contribution in [0.25, 0.3) is 0 Å². The Hall–Kier alpha value is -3.05. The Morgan fingerprint density at radius 1 is 0.710 bits per heavy atom. The molecular weight excluding hydrogens is 806 g/mol. The van der Waals surface area contributed by atoms with Gasteiger partial charge in [0.1, 0.15) is 31.3 Å². The molecule has 1 aromatic rings. The molecule has 0 aliphatic rings. The largest absolute Gasteiger partial charge is 0.756 e. The second kappa shape index (κ2) is 35.3. The Morgan fingerprint density at radius 2 is 1.26 bits per heavy atom. The van der Waals surface area contributed by atoms with Crippen molar-refractivity contribution >= 4 is 19.8 Å². The predicted molar refractivity (Wildman–Crippen MR) is 250 cm³/mol. The quantitative estimate of drug-likeness (QED) is 0.0170. The van der Waals surface area contributed by atoms with Crippen molar-refractivity contribution in [2.45, 2.75) is 175 Å². The number of rotatable bonds is 38. The van der Waals surface area contributed by atoms with Crippen molar-refractivity contribution in [3.63, 3.8) is 0 Å². The second-order valence-corrected chi connectivity index (χ2v) is 18.6. The van der Waals surface area contributed by atoms with Crippen LogP contribution < -0.4 is 4.89 Å². The number of likely N-dealkylation sites (N-methyl/N-ethyl adjacent to an activating group) is 1. The number of aliphatic hydroxyl groups excluding tert-OH is 1. The van der Waals surface area contributed by atoms with Gasteiger partial charge in [-0.15, -0.1) is 0 Å². The van der Waals surface area contributed by atoms with Crippen molar-refractivity contribution < 1.29 is 51.6 Å². The molecule has 1 unspecified atom stereocenters. The first-order valence-corrected chi connectivity index (χ1v) is 24.9. The highest BCUT2D eigenvalue weighted by molar-refractivity contribution is 7.45. The molecule has 1 aromatic heterocycles. The highest BCUT2D eigenvalue weighted by Crippen LogP contribution is 2.38. The summed E-state index contributed by atoms with van der Waals surface area (Å²) < 4.78 is 40.1. The van der Waals surface area contributed by atoms with Crippen molar-refractivity contribution in [1.82, 2.24) is 0 Å². The number of phosphoric ester groups is 1. The van der Waals surface area contributed by atoms with E-state index in [0.29, 0.717) is 36.7 Å². The summed E-state index contributed by atoms with van der Waals surface area (Å²) in [5, 5.41) is 9.49. The zero-order valence-corrected chi connectivity index (χ0v) is 40.5. The summed E-state index contributed by atoms with van der Waals surface area (Å²) in [5.41, 5.74) is 2.64. The molecule has 1 heterocycles. The van der Waals surface area contributed by atoms with Gasteiger partial charge >= 0.3 is 11.9 Å². The van der Waals surface area contributed by atoms with Crippen LogP contribution in [0.2, 0.25) is 0 Å². The number of hydrogen-bond donors (Lipinski definition) is 1. The summed E-state index contributed by atoms with van der Waals surface area (Å²) in [6, 6.07) is 0. The topological polar surface area (TPSA) is 145 Å². The minimum Gasteiger partial charge on any atom is -0.756 e. The molecule has 3 atom stereocenters. The van der Waals surface area contributed by atoms with Crippen molar-refractivity contribution in [1.29, 1.82) is 0 Å². The van der Waals surface area contributed by atoms with Crippen LogP contribution in [-0.4, -0.2) is 81.2 Å². The monoisotopic (exact) mass is 890 g/mol. The number of ether oxygens (including phenoxy) is 2. The van der Waals surface area contributed by atoms with Gasteiger partial charge in [0.15, 0.2) is 6.10 Å². The van der Waals surface area contributed by atoms with Crippen LogP contribution in [0, 0.1) is 13.8 Å². The second-order valence-electron chi connectivity index (χ2n) is 17.2. The number of allylic oxidation sites excluding steroid dienone is 9. The van der Waals surface area contributed by atoms with E-state index in [-0.39, 0.29) is 32.2 Å². The first-order chi connectivity index (χ1) is 29.7. The number of quaternary nitrogens is 1. The van der Waals surface area contributed by atoms with E-state index in [2.05, 4.69) is 51.2 Å². The van der Waals surface area contributed by atoms with E-state index in [4.69, 9.17) is 22.9 Å². The maximum absolute atomic E-state index is 12.8. The highest BCUT2D eigenvalue weighted by Gasteiger charge is 2.22. The molecule has 1 rings (SSSR count). The lowest BCUT2D eigenvalue weighted by Gasteiger charge is -2.28. The van der Waals surface area contributed by atoms with Gasteiger partial charge in [-0.1, -0.05) is 126 Å². The molecule has 0 saturated carbocycles. The van der Waals surface area contributed by atoms with Gasteiger partial charge in [-0.05, 0) is 82.8 Å². The number of furan rings is 1. The Labute approximate surface area is 375 Å². The third kappa shape index (κ3) is 31.7. The fourth-order valence-corrected chi connectivity index (χ4v) is 7.02. The van der Waals surface area contributed by atoms with Crippen LogP contribution in [0.3, 0.4) is 0 Å². The Morgan fingerprint density at radius 3 is 1.85 bits per heavy atom. The Bertz CT molecular complexity index is 1540. The molecule has 0 aromatic carbocycles. The van der Waals surface area contributed by atoms with Gasteiger partial charge in [-0.2, -0.15) is 0 Å². The first-order valence-electron chi connectivity index (χ1n) is 23.5. The molecule has 1 N–H and O–H groups in total. The van der Waals surface area contributed by atoms with Crippen molar-refractivity contribution in [2.75, 3.05) is 47.5 Å². The highest BCUT2D eigenvalue weighted by atomic mass is 31.2. The summed E-state index contributed by atoms with van der Waals surface area (Å²) in [6.45, 7) is 8.10. The summed E-state index contributed by atoms with van der Waals surface area (Å²) in [7, 11) is 1.08. The molecule has 0 amide bonds. The van der Waals surface area contributed by atoms with Gasteiger partial charge in [-0.3, -0.25) is 14.2 Å². The van der Waals surface area contributed by atoms with E-state index in [9.17, 15) is 24.2 Å². The number of unbranched alkanes of at least 4 members (excludes halogenated alkanes) is 10. The molecule has 0 spiro atoms. The smallest absolute Gasteiger partial charge is 0.306 e. The normalized spacial score (nSPS) is 14.5. The lowest BCUT2D eigenvalue weighted by molar-refractivity contribution is -0.870. The van der Waals surface area contributed by atoms with E-state index in [1.54, 1.807) is 6.08 Å². The minimum atomic E-state index is -4.66. The molecule has 0 radical (unpaired) electrons. The van der Waals surface area contributed by atoms with Crippen molar-refractivity contribution in [2.24, 2.45) is 0 Å². The summed E-state index contributed by atoms with van der Waals surface area (Å²) >= 11 is 0. The fraction of sp³-hybridized carbons (Fsp3) is 0.680. The molecule has 11 nitrogen and oxygen atoms in total. The van der Waals surface area contributed by atoms with Gasteiger partial charge in [0.05, 0.1) is 33.9 Å². The average Bonchev–Trinajstić information content (AvgIpc) is 3.49. The number of carbonyl (C=O) groups is 2. The molecule has 62 heavy (non-hydrogen) atoms. The molecule has 0 aliphatic carbocycles. The number of aryl methyl sites for hydroxylation is 2. The lowest BCUT2D eigenvalue weighted by atomic mass is 10.0. The van der Waals surface area contributed by atoms with Crippen LogP contribution >= 0.6 is 7.82 Å². The van der Waals surface area contributed by atoms with Gasteiger partial charge < -0.3 is 37.4 Å². The number of aliphatic hydroxyl groups is 1. The molecule has 0 bridgehead atoms. The number of carbonyl (C=O) groups excluding carboxylic acids is 2. The number of hydrogen-bond acceptors (Lipinski definition) is 10. The molecule has 0 aliphatic heterocycles. The molecule has 12 heteroatoms. The average molecular weight is 890 g/mol. The van der Waals surface area contributed by atoms with E-state index in [1.807, 2.05) is 52.4 Å². The van der Waals surface area contributed by atoms with Crippen LogP contribution in [0.1, 0.15) is 158 Å². The van der Waals surface area contributed by atoms with E-state index in [1.165, 1.54) is 43.2 Å². The first kappa shape index (κ1) is 57.0. The van der Waals surface area contributed by atoms with E-state index < -0.39 is 32.5 Å². The van der Waals surface area contributed by atoms with Gasteiger partial charge in [0, 0.05) is 25.7 Å². The fourth-order valence-electron chi connectivity index (χ4n) is 6.29. The zero-order chi connectivity index (χ0) is 45.9. The van der Waals surface area contributed by atoms with E-state index >= 15 is 0 Å². The third-order valence-corrected chi connectivity index (χ3v) is 11.4. The summed E-state index contributed by atoms with van der Waals surface area (Å²) in [6.07, 6.45) is 37.4. The number of phosphoric acid groups is 1.